The number of nitrogens with one attached hydrogen (secondary N) is 1. The van der Waals surface area contributed by atoms with Crippen LogP contribution in [0.15, 0.2) is 18.3 Å². The van der Waals surface area contributed by atoms with E-state index in [-0.39, 0.29) is 11.8 Å². The molecule has 1 aromatic heterocycles. The third kappa shape index (κ3) is 2.83. The Bertz CT molecular complexity index is 481. The van der Waals surface area contributed by atoms with Crippen LogP contribution in [-0.2, 0) is 4.79 Å². The van der Waals surface area contributed by atoms with Crippen LogP contribution in [0, 0.1) is 0 Å². The van der Waals surface area contributed by atoms with E-state index in [1.54, 1.807) is 42.1 Å². The van der Waals surface area contributed by atoms with Gasteiger partial charge in [0.25, 0.3) is 5.91 Å². The van der Waals surface area contributed by atoms with Crippen molar-refractivity contribution in [3.63, 3.8) is 0 Å². The molecule has 102 valence electrons. The standard InChI is InChI=1S/C13H18N4O2/c1-10(18)16-6-8-17(9-7-16)13(19)11-4-3-5-15-12(11)14-2/h3-5H,6-9H2,1-2H3,(H,14,15). The Morgan fingerprint density at radius 1 is 1.21 bits per heavy atom. The van der Waals surface area contributed by atoms with Crippen LogP contribution < -0.4 is 5.32 Å². The highest BCUT2D eigenvalue weighted by Crippen LogP contribution is 2.15. The fourth-order valence-corrected chi connectivity index (χ4v) is 2.17. The quantitative estimate of drug-likeness (QED) is 0.839. The molecule has 0 atom stereocenters. The van der Waals surface area contributed by atoms with Gasteiger partial charge < -0.3 is 15.1 Å². The number of carbonyl (C=O) groups is 2. The molecule has 0 radical (unpaired) electrons. The van der Waals surface area contributed by atoms with E-state index >= 15 is 0 Å². The van der Waals surface area contributed by atoms with Crippen LogP contribution in [0.5, 0.6) is 0 Å². The zero-order valence-electron chi connectivity index (χ0n) is 11.2. The number of piperazine rings is 1. The van der Waals surface area contributed by atoms with E-state index in [0.717, 1.165) is 0 Å². The predicted octanol–water partition coefficient (Wildman–Crippen LogP) is 0.428. The second-order valence-electron chi connectivity index (χ2n) is 4.45. The van der Waals surface area contributed by atoms with Crippen molar-refractivity contribution < 1.29 is 9.59 Å². The van der Waals surface area contributed by atoms with Crippen molar-refractivity contribution in [1.29, 1.82) is 0 Å². The molecule has 0 spiro atoms. The smallest absolute Gasteiger partial charge is 0.257 e. The van der Waals surface area contributed by atoms with Crippen LogP contribution in [-0.4, -0.2) is 59.8 Å². The van der Waals surface area contributed by atoms with Crippen molar-refractivity contribution in [3.8, 4) is 0 Å². The van der Waals surface area contributed by atoms with Crippen molar-refractivity contribution in [2.75, 3.05) is 38.5 Å². The lowest BCUT2D eigenvalue weighted by Crippen LogP contribution is -2.50. The summed E-state index contributed by atoms with van der Waals surface area (Å²) in [4.78, 5) is 31.3. The van der Waals surface area contributed by atoms with E-state index in [0.29, 0.717) is 37.6 Å². The van der Waals surface area contributed by atoms with Gasteiger partial charge in [-0.15, -0.1) is 0 Å². The van der Waals surface area contributed by atoms with Crippen LogP contribution in [0.4, 0.5) is 5.82 Å². The van der Waals surface area contributed by atoms with Crippen molar-refractivity contribution in [3.05, 3.63) is 23.9 Å². The molecule has 1 N–H and O–H groups in total. The van der Waals surface area contributed by atoms with Crippen molar-refractivity contribution in [2.45, 2.75) is 6.92 Å². The van der Waals surface area contributed by atoms with Gasteiger partial charge in [0, 0.05) is 46.3 Å². The molecule has 0 aromatic carbocycles. The minimum Gasteiger partial charge on any atom is -0.372 e. The average molecular weight is 262 g/mol. The summed E-state index contributed by atoms with van der Waals surface area (Å²) in [6.07, 6.45) is 1.65. The third-order valence-corrected chi connectivity index (χ3v) is 3.29. The summed E-state index contributed by atoms with van der Waals surface area (Å²) in [6, 6.07) is 3.51. The Labute approximate surface area is 112 Å². The van der Waals surface area contributed by atoms with Gasteiger partial charge >= 0.3 is 0 Å². The molecule has 2 rings (SSSR count). The van der Waals surface area contributed by atoms with Crippen LogP contribution >= 0.6 is 0 Å². The highest BCUT2D eigenvalue weighted by Gasteiger charge is 2.24. The molecule has 1 aliphatic heterocycles. The average Bonchev–Trinajstić information content (AvgIpc) is 2.46. The summed E-state index contributed by atoms with van der Waals surface area (Å²) in [6.45, 7) is 3.87. The normalized spacial score (nSPS) is 15.3. The number of amides is 2. The first kappa shape index (κ1) is 13.3. The maximum Gasteiger partial charge on any atom is 0.257 e. The van der Waals surface area contributed by atoms with Crippen LogP contribution in [0.2, 0.25) is 0 Å². The predicted molar refractivity (Wildman–Crippen MR) is 71.9 cm³/mol. The molecule has 0 unspecified atom stereocenters. The summed E-state index contributed by atoms with van der Waals surface area (Å²) < 4.78 is 0. The largest absolute Gasteiger partial charge is 0.372 e. The molecule has 0 bridgehead atoms. The van der Waals surface area contributed by atoms with Gasteiger partial charge in [-0.2, -0.15) is 0 Å². The molecular weight excluding hydrogens is 244 g/mol. The molecular formula is C13H18N4O2. The van der Waals surface area contributed by atoms with Gasteiger partial charge in [0.15, 0.2) is 0 Å². The van der Waals surface area contributed by atoms with Gasteiger partial charge in [-0.05, 0) is 12.1 Å². The molecule has 1 saturated heterocycles. The number of rotatable bonds is 2. The summed E-state index contributed by atoms with van der Waals surface area (Å²) in [7, 11) is 1.74. The SMILES string of the molecule is CNc1ncccc1C(=O)N1CCN(C(C)=O)CC1. The molecule has 1 fully saturated rings. The second-order valence-corrected chi connectivity index (χ2v) is 4.45. The molecule has 19 heavy (non-hydrogen) atoms. The number of carbonyl (C=O) groups excluding carboxylic acids is 2. The topological polar surface area (TPSA) is 65.5 Å². The maximum atomic E-state index is 12.4. The fourth-order valence-electron chi connectivity index (χ4n) is 2.17. The van der Waals surface area contributed by atoms with E-state index in [2.05, 4.69) is 10.3 Å². The van der Waals surface area contributed by atoms with Crippen LogP contribution in [0.25, 0.3) is 0 Å². The Kier molecular flexibility index (Phi) is 3.99. The van der Waals surface area contributed by atoms with E-state index in [1.165, 1.54) is 0 Å². The van der Waals surface area contributed by atoms with E-state index in [1.807, 2.05) is 0 Å². The summed E-state index contributed by atoms with van der Waals surface area (Å²) in [5, 5.41) is 2.92. The molecule has 1 aliphatic rings. The molecule has 1 aromatic rings. The number of hydrogen-bond acceptors (Lipinski definition) is 4. The van der Waals surface area contributed by atoms with Gasteiger partial charge in [-0.25, -0.2) is 4.98 Å². The first-order valence-corrected chi connectivity index (χ1v) is 6.31. The lowest BCUT2D eigenvalue weighted by atomic mass is 10.2. The van der Waals surface area contributed by atoms with Crippen LogP contribution in [0.1, 0.15) is 17.3 Å². The zero-order chi connectivity index (χ0) is 13.8. The molecule has 6 nitrogen and oxygen atoms in total. The first-order valence-electron chi connectivity index (χ1n) is 6.31. The monoisotopic (exact) mass is 262 g/mol. The van der Waals surface area contributed by atoms with Gasteiger partial charge in [0.1, 0.15) is 5.82 Å². The Hall–Kier alpha value is -2.11. The number of pyridine rings is 1. The van der Waals surface area contributed by atoms with Crippen molar-refractivity contribution >= 4 is 17.6 Å². The van der Waals surface area contributed by atoms with Crippen molar-refractivity contribution in [2.24, 2.45) is 0 Å². The zero-order valence-corrected chi connectivity index (χ0v) is 11.2. The van der Waals surface area contributed by atoms with Gasteiger partial charge in [0.05, 0.1) is 5.56 Å². The number of hydrogen-bond donors (Lipinski definition) is 1. The minimum absolute atomic E-state index is 0.0411. The molecule has 2 heterocycles. The van der Waals surface area contributed by atoms with Crippen molar-refractivity contribution in [1.82, 2.24) is 14.8 Å². The van der Waals surface area contributed by atoms with E-state index in [4.69, 9.17) is 0 Å². The Morgan fingerprint density at radius 3 is 2.42 bits per heavy atom. The molecule has 2 amide bonds. The molecule has 0 aliphatic carbocycles. The minimum atomic E-state index is -0.0411. The summed E-state index contributed by atoms with van der Waals surface area (Å²) >= 11 is 0. The van der Waals surface area contributed by atoms with E-state index in [9.17, 15) is 9.59 Å². The molecule has 0 saturated carbocycles. The lowest BCUT2D eigenvalue weighted by Gasteiger charge is -2.34. The van der Waals surface area contributed by atoms with Crippen LogP contribution in [0.3, 0.4) is 0 Å². The Morgan fingerprint density at radius 2 is 1.84 bits per heavy atom. The lowest BCUT2D eigenvalue weighted by molar-refractivity contribution is -0.130. The van der Waals surface area contributed by atoms with E-state index < -0.39 is 0 Å². The number of anilines is 1. The Balaban J connectivity index is 2.07. The van der Waals surface area contributed by atoms with Gasteiger partial charge in [0.2, 0.25) is 5.91 Å². The summed E-state index contributed by atoms with van der Waals surface area (Å²) in [5.74, 6) is 0.603. The summed E-state index contributed by atoms with van der Waals surface area (Å²) in [5.41, 5.74) is 0.571. The van der Waals surface area contributed by atoms with Gasteiger partial charge in [-0.1, -0.05) is 0 Å². The van der Waals surface area contributed by atoms with Gasteiger partial charge in [-0.3, -0.25) is 9.59 Å². The number of nitrogens with zero attached hydrogens (tertiary/aromatic N) is 3. The second kappa shape index (κ2) is 5.69. The highest BCUT2D eigenvalue weighted by atomic mass is 16.2. The maximum absolute atomic E-state index is 12.4. The highest BCUT2D eigenvalue weighted by molar-refractivity contribution is 5.98. The first-order chi connectivity index (χ1) is 9.13. The third-order valence-electron chi connectivity index (χ3n) is 3.29. The molecule has 6 heteroatoms. The fraction of sp³-hybridized carbons (Fsp3) is 0.462. The number of aromatic nitrogens is 1.